The quantitative estimate of drug-likeness (QED) is 0.876. The zero-order chi connectivity index (χ0) is 13.7. The molecule has 0 spiro atoms. The van der Waals surface area contributed by atoms with Crippen molar-refractivity contribution < 1.29 is 0 Å². The molecule has 0 aliphatic rings. The monoisotopic (exact) mass is 253 g/mol. The molecule has 0 bridgehead atoms. The van der Waals surface area contributed by atoms with Gasteiger partial charge in [0.1, 0.15) is 5.82 Å². The van der Waals surface area contributed by atoms with Crippen LogP contribution in [0.5, 0.6) is 0 Å². The summed E-state index contributed by atoms with van der Waals surface area (Å²) in [6.07, 6.45) is 3.33. The van der Waals surface area contributed by atoms with Crippen molar-refractivity contribution in [1.82, 2.24) is 9.97 Å². The molecule has 0 unspecified atom stereocenters. The molecule has 0 aliphatic heterocycles. The number of nitrogens with zero attached hydrogens (tertiary/aromatic N) is 3. The Bertz CT molecular complexity index is 615. The molecule has 0 radical (unpaired) electrons. The highest BCUT2D eigenvalue weighted by molar-refractivity contribution is 5.63. The van der Waals surface area contributed by atoms with Gasteiger partial charge in [-0.3, -0.25) is 4.98 Å². The van der Waals surface area contributed by atoms with E-state index >= 15 is 0 Å². The summed E-state index contributed by atoms with van der Waals surface area (Å²) in [5.74, 6) is 1.37. The van der Waals surface area contributed by atoms with Crippen LogP contribution in [-0.4, -0.2) is 16.5 Å². The van der Waals surface area contributed by atoms with Crippen LogP contribution >= 0.6 is 0 Å². The van der Waals surface area contributed by atoms with Crippen LogP contribution in [0.1, 0.15) is 18.1 Å². The largest absolute Gasteiger partial charge is 0.369 e. The maximum atomic E-state index is 8.92. The summed E-state index contributed by atoms with van der Waals surface area (Å²) in [5, 5.41) is 15.2. The van der Waals surface area contributed by atoms with Crippen LogP contribution in [0.4, 0.5) is 17.3 Å². The molecule has 5 heteroatoms. The summed E-state index contributed by atoms with van der Waals surface area (Å²) in [6, 6.07) is 7.62. The Morgan fingerprint density at radius 3 is 2.79 bits per heavy atom. The predicted molar refractivity (Wildman–Crippen MR) is 75.4 cm³/mol. The summed E-state index contributed by atoms with van der Waals surface area (Å²) in [7, 11) is 0. The fourth-order valence-corrected chi connectivity index (χ4v) is 1.66. The van der Waals surface area contributed by atoms with E-state index in [-0.39, 0.29) is 0 Å². The third kappa shape index (κ3) is 3.19. The van der Waals surface area contributed by atoms with Crippen LogP contribution in [0.2, 0.25) is 0 Å². The number of hydrogen-bond acceptors (Lipinski definition) is 5. The molecular formula is C14H15N5. The molecule has 1 aromatic heterocycles. The van der Waals surface area contributed by atoms with E-state index in [1.165, 1.54) is 0 Å². The van der Waals surface area contributed by atoms with Gasteiger partial charge in [0.15, 0.2) is 5.82 Å². The van der Waals surface area contributed by atoms with Crippen molar-refractivity contribution in [1.29, 1.82) is 5.26 Å². The third-order valence-electron chi connectivity index (χ3n) is 2.62. The maximum Gasteiger partial charge on any atom is 0.151 e. The van der Waals surface area contributed by atoms with Gasteiger partial charge < -0.3 is 10.6 Å². The van der Waals surface area contributed by atoms with Gasteiger partial charge in [-0.1, -0.05) is 6.07 Å². The van der Waals surface area contributed by atoms with Crippen molar-refractivity contribution in [3.8, 4) is 6.07 Å². The number of nitriles is 1. The smallest absolute Gasteiger partial charge is 0.151 e. The average Bonchev–Trinajstić information content (AvgIpc) is 2.42. The van der Waals surface area contributed by atoms with Gasteiger partial charge in [-0.05, 0) is 31.5 Å². The van der Waals surface area contributed by atoms with Crippen molar-refractivity contribution in [2.75, 3.05) is 17.2 Å². The van der Waals surface area contributed by atoms with Gasteiger partial charge in [0.2, 0.25) is 0 Å². The predicted octanol–water partition coefficient (Wildman–Crippen LogP) is 2.83. The first-order valence-corrected chi connectivity index (χ1v) is 6.06. The van der Waals surface area contributed by atoms with Crippen molar-refractivity contribution in [3.63, 3.8) is 0 Å². The lowest BCUT2D eigenvalue weighted by atomic mass is 10.1. The molecular weight excluding hydrogens is 238 g/mol. The van der Waals surface area contributed by atoms with Crippen LogP contribution in [0.25, 0.3) is 0 Å². The third-order valence-corrected chi connectivity index (χ3v) is 2.62. The fraction of sp³-hybridized carbons (Fsp3) is 0.214. The van der Waals surface area contributed by atoms with E-state index in [0.717, 1.165) is 23.6 Å². The lowest BCUT2D eigenvalue weighted by Gasteiger charge is -2.10. The van der Waals surface area contributed by atoms with E-state index in [4.69, 9.17) is 5.26 Å². The Labute approximate surface area is 112 Å². The van der Waals surface area contributed by atoms with E-state index in [2.05, 4.69) is 26.7 Å². The Morgan fingerprint density at radius 2 is 2.05 bits per heavy atom. The molecule has 0 aliphatic carbocycles. The number of aryl methyl sites for hydroxylation is 1. The zero-order valence-electron chi connectivity index (χ0n) is 10.9. The lowest BCUT2D eigenvalue weighted by molar-refractivity contribution is 1.12. The normalized spacial score (nSPS) is 9.74. The van der Waals surface area contributed by atoms with Crippen LogP contribution in [0, 0.1) is 18.3 Å². The second kappa shape index (κ2) is 5.83. The molecule has 0 atom stereocenters. The number of hydrogen-bond donors (Lipinski definition) is 2. The van der Waals surface area contributed by atoms with Crippen molar-refractivity contribution >= 4 is 17.3 Å². The highest BCUT2D eigenvalue weighted by Gasteiger charge is 2.03. The van der Waals surface area contributed by atoms with Gasteiger partial charge in [0, 0.05) is 12.2 Å². The van der Waals surface area contributed by atoms with Crippen molar-refractivity contribution in [2.45, 2.75) is 13.8 Å². The summed E-state index contributed by atoms with van der Waals surface area (Å²) in [5.41, 5.74) is 2.53. The first-order valence-electron chi connectivity index (χ1n) is 6.06. The number of aromatic nitrogens is 2. The van der Waals surface area contributed by atoms with Gasteiger partial charge in [-0.15, -0.1) is 0 Å². The van der Waals surface area contributed by atoms with Gasteiger partial charge >= 0.3 is 0 Å². The molecule has 2 rings (SSSR count). The van der Waals surface area contributed by atoms with E-state index in [0.29, 0.717) is 11.4 Å². The summed E-state index contributed by atoms with van der Waals surface area (Å²) in [6.45, 7) is 4.77. The van der Waals surface area contributed by atoms with Crippen LogP contribution < -0.4 is 10.6 Å². The molecule has 5 nitrogen and oxygen atoms in total. The number of benzene rings is 1. The number of nitrogens with one attached hydrogen (secondary N) is 2. The lowest BCUT2D eigenvalue weighted by Crippen LogP contribution is -2.03. The first kappa shape index (κ1) is 12.8. The first-order chi connectivity index (χ1) is 9.22. The Kier molecular flexibility index (Phi) is 3.94. The molecule has 0 saturated heterocycles. The summed E-state index contributed by atoms with van der Waals surface area (Å²) >= 11 is 0. The molecule has 1 heterocycles. The zero-order valence-corrected chi connectivity index (χ0v) is 10.9. The van der Waals surface area contributed by atoms with Gasteiger partial charge in [0.05, 0.1) is 24.0 Å². The second-order valence-corrected chi connectivity index (χ2v) is 4.09. The van der Waals surface area contributed by atoms with Crippen molar-refractivity contribution in [2.24, 2.45) is 0 Å². The summed E-state index contributed by atoms with van der Waals surface area (Å²) in [4.78, 5) is 8.51. The second-order valence-electron chi connectivity index (χ2n) is 4.09. The average molecular weight is 253 g/mol. The highest BCUT2D eigenvalue weighted by Crippen LogP contribution is 2.20. The van der Waals surface area contributed by atoms with Crippen molar-refractivity contribution in [3.05, 3.63) is 41.7 Å². The molecule has 96 valence electrons. The molecule has 0 saturated carbocycles. The number of rotatable bonds is 4. The van der Waals surface area contributed by atoms with Gasteiger partial charge in [0.25, 0.3) is 0 Å². The van der Waals surface area contributed by atoms with E-state index < -0.39 is 0 Å². The summed E-state index contributed by atoms with van der Waals surface area (Å²) < 4.78 is 0. The van der Waals surface area contributed by atoms with Crippen LogP contribution in [0.3, 0.4) is 0 Å². The number of anilines is 3. The minimum atomic E-state index is 0.615. The van der Waals surface area contributed by atoms with E-state index in [9.17, 15) is 0 Å². The minimum absolute atomic E-state index is 0.615. The van der Waals surface area contributed by atoms with Gasteiger partial charge in [-0.25, -0.2) is 4.98 Å². The Hall–Kier alpha value is -2.61. The highest BCUT2D eigenvalue weighted by atomic mass is 15.1. The van der Waals surface area contributed by atoms with Crippen LogP contribution in [0.15, 0.2) is 30.6 Å². The maximum absolute atomic E-state index is 8.92. The molecule has 2 N–H and O–H groups in total. The molecule has 19 heavy (non-hydrogen) atoms. The Balaban J connectivity index is 2.26. The molecule has 0 fully saturated rings. The SMILES string of the molecule is CCNc1cncc(Nc2cc(C#N)ccc2C)n1. The van der Waals surface area contributed by atoms with E-state index in [1.807, 2.05) is 19.9 Å². The standard InChI is InChI=1S/C14H15N5/c1-3-17-13-8-16-9-14(19-13)18-12-6-11(7-15)5-4-10(12)2/h4-6,8-9H,3H2,1-2H3,(H2,17,18,19). The molecule has 0 amide bonds. The van der Waals surface area contributed by atoms with Gasteiger partial charge in [-0.2, -0.15) is 5.26 Å². The molecule has 2 aromatic rings. The van der Waals surface area contributed by atoms with E-state index in [1.54, 1.807) is 24.5 Å². The minimum Gasteiger partial charge on any atom is -0.369 e. The fourth-order valence-electron chi connectivity index (χ4n) is 1.66. The topological polar surface area (TPSA) is 73.6 Å². The molecule has 1 aromatic carbocycles. The Morgan fingerprint density at radius 1 is 1.26 bits per heavy atom. The van der Waals surface area contributed by atoms with Crippen LogP contribution in [-0.2, 0) is 0 Å².